The Balaban J connectivity index is 2.32. The largest absolute Gasteiger partial charge is 0.494 e. The summed E-state index contributed by atoms with van der Waals surface area (Å²) in [6, 6.07) is 8.12. The second-order valence-electron chi connectivity index (χ2n) is 4.60. The van der Waals surface area contributed by atoms with Gasteiger partial charge in [0.15, 0.2) is 0 Å². The normalized spacial score (nSPS) is 10.8. The number of nitrogens with zero attached hydrogens (tertiary/aromatic N) is 2. The van der Waals surface area contributed by atoms with Crippen LogP contribution < -0.4 is 15.8 Å². The minimum Gasteiger partial charge on any atom is -0.494 e. The van der Waals surface area contributed by atoms with Gasteiger partial charge < -0.3 is 15.8 Å². The Hall–Kier alpha value is -2.31. The van der Waals surface area contributed by atoms with Crippen molar-refractivity contribution in [2.75, 3.05) is 18.2 Å². The molecule has 0 atom stereocenters. The number of rotatable bonds is 4. The molecule has 0 radical (unpaired) electrons. The van der Waals surface area contributed by atoms with Crippen LogP contribution >= 0.6 is 23.2 Å². The van der Waals surface area contributed by atoms with Gasteiger partial charge >= 0.3 is 0 Å². The fourth-order valence-electron chi connectivity index (χ4n) is 1.80. The third-order valence-electron chi connectivity index (χ3n) is 2.80. The number of carbonyl (C=O) groups excluding carboxylic acids is 1. The zero-order valence-corrected chi connectivity index (χ0v) is 13.9. The van der Waals surface area contributed by atoms with E-state index >= 15 is 0 Å². The standard InChI is InChI=1S/C15H14Cl2N4O2/c1-8(22)19-15-11(16)6-10(7-12(15)17)20-21-13-4-3-9(18)5-14(13)23-2/h3-7H,18H2,1-2H3,(H,19,22). The number of benzene rings is 2. The van der Waals surface area contributed by atoms with E-state index in [0.717, 1.165) is 0 Å². The predicted molar refractivity (Wildman–Crippen MR) is 92.3 cm³/mol. The lowest BCUT2D eigenvalue weighted by Crippen LogP contribution is -2.06. The number of halogens is 2. The summed E-state index contributed by atoms with van der Waals surface area (Å²) in [5.41, 5.74) is 7.54. The van der Waals surface area contributed by atoms with Crippen LogP contribution in [0.1, 0.15) is 6.92 Å². The molecule has 0 saturated carbocycles. The van der Waals surface area contributed by atoms with Crippen LogP contribution in [-0.4, -0.2) is 13.0 Å². The van der Waals surface area contributed by atoms with Crippen molar-refractivity contribution >= 4 is 51.9 Å². The molecule has 6 nitrogen and oxygen atoms in total. The summed E-state index contributed by atoms with van der Waals surface area (Å²) in [6.07, 6.45) is 0. The van der Waals surface area contributed by atoms with Gasteiger partial charge in [-0.15, -0.1) is 5.11 Å². The zero-order valence-electron chi connectivity index (χ0n) is 12.4. The first-order chi connectivity index (χ1) is 10.9. The van der Waals surface area contributed by atoms with Crippen LogP contribution in [0.3, 0.4) is 0 Å². The lowest BCUT2D eigenvalue weighted by molar-refractivity contribution is -0.114. The molecule has 0 unspecified atom stereocenters. The third kappa shape index (κ3) is 4.34. The highest BCUT2D eigenvalue weighted by Gasteiger charge is 2.10. The molecule has 120 valence electrons. The summed E-state index contributed by atoms with van der Waals surface area (Å²) in [5.74, 6) is 0.232. The van der Waals surface area contributed by atoms with E-state index in [2.05, 4.69) is 15.5 Å². The van der Waals surface area contributed by atoms with Gasteiger partial charge in [-0.25, -0.2) is 0 Å². The average molecular weight is 353 g/mol. The molecule has 0 aromatic heterocycles. The maximum absolute atomic E-state index is 11.1. The molecule has 0 saturated heterocycles. The maximum Gasteiger partial charge on any atom is 0.221 e. The average Bonchev–Trinajstić information content (AvgIpc) is 2.49. The van der Waals surface area contributed by atoms with Crippen molar-refractivity contribution in [3.8, 4) is 5.75 Å². The number of anilines is 2. The number of hydrogen-bond donors (Lipinski definition) is 2. The van der Waals surface area contributed by atoms with Crippen LogP contribution in [0, 0.1) is 0 Å². The number of nitrogens with two attached hydrogens (primary N) is 1. The Morgan fingerprint density at radius 2 is 1.83 bits per heavy atom. The van der Waals surface area contributed by atoms with E-state index in [1.54, 1.807) is 30.3 Å². The molecule has 8 heteroatoms. The second kappa shape index (κ2) is 7.30. The minimum absolute atomic E-state index is 0.269. The fourth-order valence-corrected chi connectivity index (χ4v) is 2.37. The van der Waals surface area contributed by atoms with Crippen molar-refractivity contribution in [3.63, 3.8) is 0 Å². The van der Waals surface area contributed by atoms with Crippen LogP contribution in [0.25, 0.3) is 0 Å². The molecule has 2 rings (SSSR count). The lowest BCUT2D eigenvalue weighted by Gasteiger charge is -2.08. The quantitative estimate of drug-likeness (QED) is 0.601. The highest BCUT2D eigenvalue weighted by atomic mass is 35.5. The number of ether oxygens (including phenoxy) is 1. The van der Waals surface area contributed by atoms with Gasteiger partial charge in [-0.05, 0) is 24.3 Å². The van der Waals surface area contributed by atoms with Crippen LogP contribution in [0.2, 0.25) is 10.0 Å². The Kier molecular flexibility index (Phi) is 5.41. The minimum atomic E-state index is -0.269. The Morgan fingerprint density at radius 1 is 1.17 bits per heavy atom. The Bertz CT molecular complexity index is 755. The lowest BCUT2D eigenvalue weighted by atomic mass is 10.2. The van der Waals surface area contributed by atoms with E-state index < -0.39 is 0 Å². The molecule has 1 amide bonds. The SMILES string of the molecule is COc1cc(N)ccc1N=Nc1cc(Cl)c(NC(C)=O)c(Cl)c1. The Morgan fingerprint density at radius 3 is 2.39 bits per heavy atom. The number of carbonyl (C=O) groups is 1. The van der Waals surface area contributed by atoms with Gasteiger partial charge in [-0.1, -0.05) is 23.2 Å². The van der Waals surface area contributed by atoms with E-state index in [-0.39, 0.29) is 16.0 Å². The van der Waals surface area contributed by atoms with Gasteiger partial charge in [0.25, 0.3) is 0 Å². The van der Waals surface area contributed by atoms with E-state index in [4.69, 9.17) is 33.7 Å². The van der Waals surface area contributed by atoms with Crippen LogP contribution in [-0.2, 0) is 4.79 Å². The smallest absolute Gasteiger partial charge is 0.221 e. The first-order valence-electron chi connectivity index (χ1n) is 6.52. The summed E-state index contributed by atoms with van der Waals surface area (Å²) < 4.78 is 5.19. The number of nitrogen functional groups attached to an aromatic ring is 1. The highest BCUT2D eigenvalue weighted by Crippen LogP contribution is 2.36. The van der Waals surface area contributed by atoms with Crippen molar-refractivity contribution in [1.82, 2.24) is 0 Å². The van der Waals surface area contributed by atoms with E-state index in [9.17, 15) is 4.79 Å². The van der Waals surface area contributed by atoms with E-state index in [1.807, 2.05) is 0 Å². The van der Waals surface area contributed by atoms with Gasteiger partial charge in [0.05, 0.1) is 28.5 Å². The van der Waals surface area contributed by atoms with Crippen LogP contribution in [0.4, 0.5) is 22.7 Å². The summed E-state index contributed by atoms with van der Waals surface area (Å²) in [7, 11) is 1.52. The summed E-state index contributed by atoms with van der Waals surface area (Å²) >= 11 is 12.2. The topological polar surface area (TPSA) is 89.1 Å². The molecular formula is C15H14Cl2N4O2. The molecule has 3 N–H and O–H groups in total. The summed E-state index contributed by atoms with van der Waals surface area (Å²) in [5, 5.41) is 11.3. The van der Waals surface area contributed by atoms with Gasteiger partial charge in [-0.2, -0.15) is 5.11 Å². The summed E-state index contributed by atoms with van der Waals surface area (Å²) in [6.45, 7) is 1.37. The van der Waals surface area contributed by atoms with Gasteiger partial charge in [0, 0.05) is 18.7 Å². The van der Waals surface area contributed by atoms with E-state index in [1.165, 1.54) is 14.0 Å². The monoisotopic (exact) mass is 352 g/mol. The van der Waals surface area contributed by atoms with Crippen molar-refractivity contribution in [2.24, 2.45) is 10.2 Å². The molecule has 0 aliphatic rings. The number of methoxy groups -OCH3 is 1. The third-order valence-corrected chi connectivity index (χ3v) is 3.40. The molecule has 0 aliphatic carbocycles. The fraction of sp³-hybridized carbons (Fsp3) is 0.133. The molecular weight excluding hydrogens is 339 g/mol. The molecule has 0 fully saturated rings. The predicted octanol–water partition coefficient (Wildman–Crippen LogP) is 4.96. The van der Waals surface area contributed by atoms with Gasteiger partial charge in [0.2, 0.25) is 5.91 Å². The van der Waals surface area contributed by atoms with Crippen molar-refractivity contribution in [2.45, 2.75) is 6.92 Å². The maximum atomic E-state index is 11.1. The van der Waals surface area contributed by atoms with E-state index in [0.29, 0.717) is 28.5 Å². The Labute approximate surface area is 143 Å². The number of hydrogen-bond acceptors (Lipinski definition) is 5. The van der Waals surface area contributed by atoms with Gasteiger partial charge in [-0.3, -0.25) is 4.79 Å². The van der Waals surface area contributed by atoms with Crippen LogP contribution in [0.5, 0.6) is 5.75 Å². The number of azo groups is 1. The van der Waals surface area contributed by atoms with Gasteiger partial charge in [0.1, 0.15) is 11.4 Å². The number of nitrogens with one attached hydrogen (secondary N) is 1. The second-order valence-corrected chi connectivity index (χ2v) is 5.41. The summed E-state index contributed by atoms with van der Waals surface area (Å²) in [4.78, 5) is 11.1. The zero-order chi connectivity index (χ0) is 17.0. The highest BCUT2D eigenvalue weighted by molar-refractivity contribution is 6.40. The molecule has 0 spiro atoms. The molecule has 0 heterocycles. The van der Waals surface area contributed by atoms with Crippen molar-refractivity contribution in [3.05, 3.63) is 40.4 Å². The number of amides is 1. The first-order valence-corrected chi connectivity index (χ1v) is 7.28. The van der Waals surface area contributed by atoms with Crippen LogP contribution in [0.15, 0.2) is 40.6 Å². The molecule has 2 aromatic carbocycles. The molecule has 23 heavy (non-hydrogen) atoms. The van der Waals surface area contributed by atoms with Crippen molar-refractivity contribution in [1.29, 1.82) is 0 Å². The van der Waals surface area contributed by atoms with Crippen molar-refractivity contribution < 1.29 is 9.53 Å². The molecule has 0 aliphatic heterocycles. The molecule has 0 bridgehead atoms. The first kappa shape index (κ1) is 17.1. The molecule has 2 aromatic rings.